The van der Waals surface area contributed by atoms with Crippen molar-refractivity contribution in [3.8, 4) is 0 Å². The Kier molecular flexibility index (Phi) is 2.90. The summed E-state index contributed by atoms with van der Waals surface area (Å²) in [7, 11) is 0. The Morgan fingerprint density at radius 3 is 2.67 bits per heavy atom. The number of H-pyrrole nitrogens is 1. The maximum Gasteiger partial charge on any atom is 0.271 e. The molecule has 1 aromatic heterocycles. The van der Waals surface area contributed by atoms with Gasteiger partial charge < -0.3 is 9.88 Å². The van der Waals surface area contributed by atoms with E-state index in [0.717, 1.165) is 0 Å². The van der Waals surface area contributed by atoms with Crippen molar-refractivity contribution in [2.75, 3.05) is 6.54 Å². The van der Waals surface area contributed by atoms with Gasteiger partial charge in [0, 0.05) is 6.20 Å². The first-order valence-corrected chi connectivity index (χ1v) is 5.70. The fraction of sp³-hybridized carbons (Fsp3) is 0.364. The Morgan fingerprint density at radius 2 is 2.11 bits per heavy atom. The van der Waals surface area contributed by atoms with Gasteiger partial charge in [-0.3, -0.25) is 19.7 Å². The number of piperazine rings is 1. The van der Waals surface area contributed by atoms with Crippen LogP contribution < -0.4 is 5.32 Å². The molecule has 0 unspecified atom stereocenters. The van der Waals surface area contributed by atoms with Crippen LogP contribution in [0.2, 0.25) is 5.02 Å². The molecule has 2 rings (SSSR count). The minimum Gasteiger partial charge on any atom is -0.356 e. The lowest BCUT2D eigenvalue weighted by molar-refractivity contribution is -0.143. The summed E-state index contributed by atoms with van der Waals surface area (Å²) in [5.74, 6) is -1.43. The Labute approximate surface area is 108 Å². The third-order valence-electron chi connectivity index (χ3n) is 2.91. The van der Waals surface area contributed by atoms with Gasteiger partial charge in [-0.05, 0) is 19.9 Å². The van der Waals surface area contributed by atoms with Crippen LogP contribution in [-0.4, -0.2) is 39.7 Å². The molecule has 0 radical (unpaired) electrons. The fourth-order valence-electron chi connectivity index (χ4n) is 1.75. The van der Waals surface area contributed by atoms with E-state index in [4.69, 9.17) is 11.6 Å². The van der Waals surface area contributed by atoms with Crippen LogP contribution in [0, 0.1) is 0 Å². The van der Waals surface area contributed by atoms with Gasteiger partial charge in [-0.15, -0.1) is 0 Å². The summed E-state index contributed by atoms with van der Waals surface area (Å²) in [6.07, 6.45) is 1.47. The minimum atomic E-state index is -1.08. The summed E-state index contributed by atoms with van der Waals surface area (Å²) in [4.78, 5) is 39.2. The Hall–Kier alpha value is -1.82. The second-order valence-corrected chi connectivity index (χ2v) is 5.00. The number of aromatic nitrogens is 1. The van der Waals surface area contributed by atoms with Crippen LogP contribution in [0.5, 0.6) is 0 Å². The van der Waals surface area contributed by atoms with Crippen molar-refractivity contribution >= 4 is 29.3 Å². The van der Waals surface area contributed by atoms with Crippen LogP contribution in [0.1, 0.15) is 24.3 Å². The van der Waals surface area contributed by atoms with Gasteiger partial charge in [-0.2, -0.15) is 0 Å². The molecular formula is C11H12ClN3O3. The minimum absolute atomic E-state index is 0.159. The van der Waals surface area contributed by atoms with Gasteiger partial charge in [0.2, 0.25) is 5.91 Å². The zero-order chi connectivity index (χ0) is 13.5. The first kappa shape index (κ1) is 12.6. The molecule has 1 aliphatic rings. The zero-order valence-electron chi connectivity index (χ0n) is 9.91. The highest BCUT2D eigenvalue weighted by atomic mass is 35.5. The van der Waals surface area contributed by atoms with Crippen LogP contribution in [0.4, 0.5) is 0 Å². The predicted octanol–water partition coefficient (Wildman–Crippen LogP) is 0.545. The molecule has 6 nitrogen and oxygen atoms in total. The molecule has 0 spiro atoms. The summed E-state index contributed by atoms with van der Waals surface area (Å²) in [6, 6.07) is 1.46. The normalized spacial score (nSPS) is 18.7. The van der Waals surface area contributed by atoms with Gasteiger partial charge in [0.25, 0.3) is 11.8 Å². The van der Waals surface area contributed by atoms with Crippen molar-refractivity contribution in [1.29, 1.82) is 0 Å². The van der Waals surface area contributed by atoms with Crippen molar-refractivity contribution in [1.82, 2.24) is 15.2 Å². The molecule has 2 N–H and O–H groups in total. The molecule has 3 amide bonds. The molecular weight excluding hydrogens is 258 g/mol. The smallest absolute Gasteiger partial charge is 0.271 e. The van der Waals surface area contributed by atoms with E-state index in [1.54, 1.807) is 13.8 Å². The molecule has 0 atom stereocenters. The number of amides is 3. The quantitative estimate of drug-likeness (QED) is 0.730. The SMILES string of the molecule is CC1(C)C(=O)NC(=O)CN1C(=O)c1cc(Cl)c[nH]1. The highest BCUT2D eigenvalue weighted by Gasteiger charge is 2.44. The second-order valence-electron chi connectivity index (χ2n) is 4.56. The first-order valence-electron chi connectivity index (χ1n) is 5.32. The van der Waals surface area contributed by atoms with E-state index in [0.29, 0.717) is 5.02 Å². The van der Waals surface area contributed by atoms with Gasteiger partial charge in [0.1, 0.15) is 17.8 Å². The van der Waals surface area contributed by atoms with Crippen LogP contribution in [0.25, 0.3) is 0 Å². The highest BCUT2D eigenvalue weighted by molar-refractivity contribution is 6.31. The Bertz CT molecular complexity index is 535. The van der Waals surface area contributed by atoms with Crippen molar-refractivity contribution in [3.05, 3.63) is 23.0 Å². The molecule has 0 aromatic carbocycles. The molecule has 96 valence electrons. The van der Waals surface area contributed by atoms with Crippen molar-refractivity contribution in [3.63, 3.8) is 0 Å². The largest absolute Gasteiger partial charge is 0.356 e. The van der Waals surface area contributed by atoms with Crippen LogP contribution in [-0.2, 0) is 9.59 Å². The summed E-state index contributed by atoms with van der Waals surface area (Å²) >= 11 is 5.72. The lowest BCUT2D eigenvalue weighted by atomic mass is 9.98. The summed E-state index contributed by atoms with van der Waals surface area (Å²) < 4.78 is 0. The number of imide groups is 1. The van der Waals surface area contributed by atoms with Gasteiger partial charge in [-0.25, -0.2) is 0 Å². The predicted molar refractivity (Wildman–Crippen MR) is 64.1 cm³/mol. The number of nitrogens with one attached hydrogen (secondary N) is 2. The van der Waals surface area contributed by atoms with E-state index in [2.05, 4.69) is 10.3 Å². The standard InChI is InChI=1S/C11H12ClN3O3/c1-11(2)10(18)14-8(16)5-15(11)9(17)7-3-6(12)4-13-7/h3-4,13H,5H2,1-2H3,(H,14,16,18). The third kappa shape index (κ3) is 1.99. The van der Waals surface area contributed by atoms with E-state index in [1.807, 2.05) is 0 Å². The number of rotatable bonds is 1. The number of halogens is 1. The van der Waals surface area contributed by atoms with E-state index in [-0.39, 0.29) is 12.2 Å². The molecule has 2 heterocycles. The van der Waals surface area contributed by atoms with E-state index in [9.17, 15) is 14.4 Å². The number of nitrogens with zero attached hydrogens (tertiary/aromatic N) is 1. The Morgan fingerprint density at radius 1 is 1.44 bits per heavy atom. The number of aromatic amines is 1. The summed E-state index contributed by atoms with van der Waals surface area (Å²) in [5.41, 5.74) is -0.835. The van der Waals surface area contributed by atoms with E-state index >= 15 is 0 Å². The lowest BCUT2D eigenvalue weighted by Gasteiger charge is -2.39. The number of carbonyl (C=O) groups excluding carboxylic acids is 3. The number of hydrogen-bond donors (Lipinski definition) is 2. The molecule has 1 saturated heterocycles. The zero-order valence-corrected chi connectivity index (χ0v) is 10.7. The molecule has 1 aliphatic heterocycles. The average Bonchev–Trinajstić information content (AvgIpc) is 2.70. The molecule has 7 heteroatoms. The second kappa shape index (κ2) is 4.13. The maximum atomic E-state index is 12.2. The number of carbonyl (C=O) groups is 3. The maximum absolute atomic E-state index is 12.2. The fourth-order valence-corrected chi connectivity index (χ4v) is 1.91. The van der Waals surface area contributed by atoms with Crippen LogP contribution >= 0.6 is 11.6 Å². The summed E-state index contributed by atoms with van der Waals surface area (Å²) in [5, 5.41) is 2.60. The molecule has 18 heavy (non-hydrogen) atoms. The summed E-state index contributed by atoms with van der Waals surface area (Å²) in [6.45, 7) is 3.00. The van der Waals surface area contributed by atoms with Crippen molar-refractivity contribution in [2.24, 2.45) is 0 Å². The molecule has 1 aromatic rings. The first-order chi connectivity index (χ1) is 8.32. The molecule has 1 fully saturated rings. The third-order valence-corrected chi connectivity index (χ3v) is 3.13. The highest BCUT2D eigenvalue weighted by Crippen LogP contribution is 2.21. The van der Waals surface area contributed by atoms with Gasteiger partial charge >= 0.3 is 0 Å². The average molecular weight is 270 g/mol. The van der Waals surface area contributed by atoms with Crippen LogP contribution in [0.15, 0.2) is 12.3 Å². The molecule has 0 bridgehead atoms. The topological polar surface area (TPSA) is 82.3 Å². The lowest BCUT2D eigenvalue weighted by Crippen LogP contribution is -2.65. The number of hydrogen-bond acceptors (Lipinski definition) is 3. The Balaban J connectivity index is 2.33. The molecule has 0 aliphatic carbocycles. The van der Waals surface area contributed by atoms with Crippen molar-refractivity contribution < 1.29 is 14.4 Å². The van der Waals surface area contributed by atoms with Crippen LogP contribution in [0.3, 0.4) is 0 Å². The van der Waals surface area contributed by atoms with Gasteiger partial charge in [0.15, 0.2) is 0 Å². The van der Waals surface area contributed by atoms with E-state index in [1.165, 1.54) is 17.2 Å². The van der Waals surface area contributed by atoms with Gasteiger partial charge in [-0.1, -0.05) is 11.6 Å². The monoisotopic (exact) mass is 269 g/mol. The van der Waals surface area contributed by atoms with Crippen molar-refractivity contribution in [2.45, 2.75) is 19.4 Å². The molecule has 0 saturated carbocycles. The van der Waals surface area contributed by atoms with Gasteiger partial charge in [0.05, 0.1) is 5.02 Å². The van der Waals surface area contributed by atoms with E-state index < -0.39 is 23.3 Å².